The Labute approximate surface area is 126 Å². The number of rotatable bonds is 5. The Kier molecular flexibility index (Phi) is 5.95. The predicted molar refractivity (Wildman–Crippen MR) is 74.8 cm³/mol. The normalized spacial score (nSPS) is 13.4. The van der Waals surface area contributed by atoms with E-state index in [1.165, 1.54) is 13.2 Å². The molecule has 0 aliphatic rings. The number of aliphatic hydroxyl groups is 2. The van der Waals surface area contributed by atoms with Gasteiger partial charge in [0.05, 0.1) is 19.3 Å². The van der Waals surface area contributed by atoms with Crippen molar-refractivity contribution in [3.05, 3.63) is 28.3 Å². The summed E-state index contributed by atoms with van der Waals surface area (Å²) >= 11 is 5.91. The Bertz CT molecular complexity index is 548. The fourth-order valence-corrected chi connectivity index (χ4v) is 1.93. The summed E-state index contributed by atoms with van der Waals surface area (Å²) in [5.41, 5.74) is 5.61. The van der Waals surface area contributed by atoms with E-state index in [9.17, 15) is 19.8 Å². The molecule has 0 fully saturated rings. The fourth-order valence-electron chi connectivity index (χ4n) is 1.65. The lowest BCUT2D eigenvalue weighted by Gasteiger charge is -2.19. The van der Waals surface area contributed by atoms with Crippen LogP contribution in [0.15, 0.2) is 12.1 Å². The average Bonchev–Trinajstić information content (AvgIpc) is 2.45. The van der Waals surface area contributed by atoms with Crippen molar-refractivity contribution in [1.82, 2.24) is 0 Å². The number of halogens is 1. The van der Waals surface area contributed by atoms with E-state index in [1.54, 1.807) is 6.92 Å². The molecule has 21 heavy (non-hydrogen) atoms. The summed E-state index contributed by atoms with van der Waals surface area (Å²) in [4.78, 5) is 23.0. The number of anilines is 1. The third-order valence-electron chi connectivity index (χ3n) is 2.72. The van der Waals surface area contributed by atoms with E-state index in [4.69, 9.17) is 17.3 Å². The van der Waals surface area contributed by atoms with E-state index in [0.717, 1.165) is 6.07 Å². The average molecular weight is 318 g/mol. The molecular weight excluding hydrogens is 302 g/mol. The molecule has 0 saturated heterocycles. The molecule has 0 saturated carbocycles. The molecule has 0 radical (unpaired) electrons. The Morgan fingerprint density at radius 1 is 1.38 bits per heavy atom. The largest absolute Gasteiger partial charge is 0.465 e. The molecule has 1 rings (SSSR count). The summed E-state index contributed by atoms with van der Waals surface area (Å²) in [6.45, 7) is 1.61. The van der Waals surface area contributed by atoms with Crippen LogP contribution in [0.1, 0.15) is 28.9 Å². The van der Waals surface area contributed by atoms with Crippen LogP contribution in [0.25, 0.3) is 0 Å². The second-order valence-electron chi connectivity index (χ2n) is 4.09. The van der Waals surface area contributed by atoms with Gasteiger partial charge in [0, 0.05) is 16.3 Å². The highest BCUT2D eigenvalue weighted by molar-refractivity contribution is 6.32. The molecule has 8 heteroatoms. The second-order valence-corrected chi connectivity index (χ2v) is 4.50. The lowest BCUT2D eigenvalue weighted by Crippen LogP contribution is -2.30. The van der Waals surface area contributed by atoms with E-state index < -0.39 is 24.1 Å². The van der Waals surface area contributed by atoms with E-state index in [1.807, 2.05) is 0 Å². The maximum absolute atomic E-state index is 11.5. The zero-order chi connectivity index (χ0) is 16.2. The number of ether oxygens (including phenoxy) is 2. The minimum Gasteiger partial charge on any atom is -0.465 e. The first-order chi connectivity index (χ1) is 9.83. The number of carbonyl (C=O) groups excluding carboxylic acids is 2. The Balaban J connectivity index is 3.17. The number of carbonyl (C=O) groups is 2. The van der Waals surface area contributed by atoms with Crippen LogP contribution in [-0.2, 0) is 14.3 Å². The zero-order valence-electron chi connectivity index (χ0n) is 11.5. The summed E-state index contributed by atoms with van der Waals surface area (Å²) < 4.78 is 9.14. The van der Waals surface area contributed by atoms with Crippen molar-refractivity contribution in [3.8, 4) is 0 Å². The van der Waals surface area contributed by atoms with E-state index in [-0.39, 0.29) is 28.4 Å². The molecule has 0 aliphatic carbocycles. The van der Waals surface area contributed by atoms with Crippen molar-refractivity contribution >= 4 is 29.2 Å². The molecule has 0 spiro atoms. The number of nitrogens with two attached hydrogens (primary N) is 1. The first-order valence-electron chi connectivity index (χ1n) is 6.03. The van der Waals surface area contributed by atoms with Crippen LogP contribution < -0.4 is 5.73 Å². The molecule has 0 amide bonds. The standard InChI is InChI=1S/C13H16ClNO6/c1-3-21-13(19)11(17)10(16)6-4-7(12(18)20-2)9(15)5-8(6)14/h4-5,10-11,16-17H,3,15H2,1-2H3. The van der Waals surface area contributed by atoms with Crippen LogP contribution in [0.4, 0.5) is 5.69 Å². The lowest BCUT2D eigenvalue weighted by atomic mass is 10.0. The van der Waals surface area contributed by atoms with Gasteiger partial charge in [-0.25, -0.2) is 9.59 Å². The van der Waals surface area contributed by atoms with Gasteiger partial charge in [-0.1, -0.05) is 11.6 Å². The number of hydrogen-bond acceptors (Lipinski definition) is 7. The topological polar surface area (TPSA) is 119 Å². The minimum absolute atomic E-state index is 0.00370. The highest BCUT2D eigenvalue weighted by atomic mass is 35.5. The first-order valence-corrected chi connectivity index (χ1v) is 6.41. The molecule has 0 bridgehead atoms. The van der Waals surface area contributed by atoms with Crippen LogP contribution in [-0.4, -0.2) is 42.0 Å². The Hall–Kier alpha value is -1.83. The van der Waals surface area contributed by atoms with Crippen LogP contribution in [0.2, 0.25) is 5.02 Å². The van der Waals surface area contributed by atoms with Crippen molar-refractivity contribution in [2.75, 3.05) is 19.5 Å². The Morgan fingerprint density at radius 3 is 2.52 bits per heavy atom. The third kappa shape index (κ3) is 3.84. The van der Waals surface area contributed by atoms with Crippen molar-refractivity contribution in [2.45, 2.75) is 19.1 Å². The van der Waals surface area contributed by atoms with E-state index >= 15 is 0 Å². The summed E-state index contributed by atoms with van der Waals surface area (Å²) in [7, 11) is 1.17. The lowest BCUT2D eigenvalue weighted by molar-refractivity contribution is -0.159. The highest BCUT2D eigenvalue weighted by Crippen LogP contribution is 2.30. The van der Waals surface area contributed by atoms with Crippen LogP contribution >= 0.6 is 11.6 Å². The van der Waals surface area contributed by atoms with Crippen molar-refractivity contribution in [1.29, 1.82) is 0 Å². The summed E-state index contributed by atoms with van der Waals surface area (Å²) in [6.07, 6.45) is -3.50. The van der Waals surface area contributed by atoms with Gasteiger partial charge in [0.2, 0.25) is 0 Å². The molecular formula is C13H16ClNO6. The number of aliphatic hydroxyl groups excluding tert-OH is 2. The molecule has 2 unspecified atom stereocenters. The van der Waals surface area contributed by atoms with Crippen LogP contribution in [0.5, 0.6) is 0 Å². The predicted octanol–water partition coefficient (Wildman–Crippen LogP) is 0.666. The van der Waals surface area contributed by atoms with Crippen molar-refractivity contribution in [2.24, 2.45) is 0 Å². The molecule has 1 aromatic rings. The number of nitrogen functional groups attached to an aromatic ring is 1. The highest BCUT2D eigenvalue weighted by Gasteiger charge is 2.29. The summed E-state index contributed by atoms with van der Waals surface area (Å²) in [5.74, 6) is -1.74. The van der Waals surface area contributed by atoms with Gasteiger partial charge in [-0.2, -0.15) is 0 Å². The monoisotopic (exact) mass is 317 g/mol. The van der Waals surface area contributed by atoms with Gasteiger partial charge in [0.1, 0.15) is 6.10 Å². The van der Waals surface area contributed by atoms with Crippen LogP contribution in [0, 0.1) is 0 Å². The maximum Gasteiger partial charge on any atom is 0.339 e. The van der Waals surface area contributed by atoms with Crippen LogP contribution in [0.3, 0.4) is 0 Å². The number of esters is 2. The molecule has 2 atom stereocenters. The van der Waals surface area contributed by atoms with Gasteiger partial charge < -0.3 is 25.4 Å². The SMILES string of the molecule is CCOC(=O)C(O)C(O)c1cc(C(=O)OC)c(N)cc1Cl. The number of methoxy groups -OCH3 is 1. The molecule has 0 heterocycles. The molecule has 7 nitrogen and oxygen atoms in total. The zero-order valence-corrected chi connectivity index (χ0v) is 12.3. The van der Waals surface area contributed by atoms with Gasteiger partial charge in [0.15, 0.2) is 6.10 Å². The summed E-state index contributed by atoms with van der Waals surface area (Å²) in [6, 6.07) is 2.39. The van der Waals surface area contributed by atoms with Crippen molar-refractivity contribution < 1.29 is 29.3 Å². The molecule has 116 valence electrons. The molecule has 0 aromatic heterocycles. The molecule has 0 aliphatic heterocycles. The van der Waals surface area contributed by atoms with Gasteiger partial charge >= 0.3 is 11.9 Å². The van der Waals surface area contributed by atoms with E-state index in [2.05, 4.69) is 9.47 Å². The van der Waals surface area contributed by atoms with Gasteiger partial charge in [-0.15, -0.1) is 0 Å². The molecule has 1 aromatic carbocycles. The minimum atomic E-state index is -1.84. The van der Waals surface area contributed by atoms with Gasteiger partial charge in [0.25, 0.3) is 0 Å². The third-order valence-corrected chi connectivity index (χ3v) is 3.05. The van der Waals surface area contributed by atoms with Gasteiger partial charge in [-0.3, -0.25) is 0 Å². The molecule has 4 N–H and O–H groups in total. The number of benzene rings is 1. The van der Waals surface area contributed by atoms with Crippen molar-refractivity contribution in [3.63, 3.8) is 0 Å². The van der Waals surface area contributed by atoms with Gasteiger partial charge in [-0.05, 0) is 19.1 Å². The fraction of sp³-hybridized carbons (Fsp3) is 0.385. The second kappa shape index (κ2) is 7.26. The van der Waals surface area contributed by atoms with E-state index in [0.29, 0.717) is 0 Å². The number of hydrogen-bond donors (Lipinski definition) is 3. The first kappa shape index (κ1) is 17.2. The quantitative estimate of drug-likeness (QED) is 0.539. The summed E-state index contributed by atoms with van der Waals surface area (Å²) in [5, 5.41) is 19.7. The smallest absolute Gasteiger partial charge is 0.339 e. The Morgan fingerprint density at radius 2 is 2.00 bits per heavy atom. The maximum atomic E-state index is 11.5.